The molecule has 3 nitrogen and oxygen atoms in total. The lowest BCUT2D eigenvalue weighted by atomic mass is 10.1. The minimum atomic E-state index is 0.0131. The van der Waals surface area contributed by atoms with Gasteiger partial charge in [0, 0.05) is 16.3 Å². The molecule has 1 aliphatic carbocycles. The standard InChI is InChI=1S/C16H17ClN2OS/c1-10-5-6-11(9-12(10)17)7-8-15(20)19-16-18-13-3-2-4-14(13)21-16/h5-6,9H,2-4,7-8H2,1H3,(H,18,19,20). The van der Waals surface area contributed by atoms with Gasteiger partial charge in [0.2, 0.25) is 5.91 Å². The number of nitrogens with one attached hydrogen (secondary N) is 1. The van der Waals surface area contributed by atoms with Crippen molar-refractivity contribution in [2.75, 3.05) is 5.32 Å². The van der Waals surface area contributed by atoms with Crippen LogP contribution in [0.15, 0.2) is 18.2 Å². The van der Waals surface area contributed by atoms with E-state index in [4.69, 9.17) is 11.6 Å². The lowest BCUT2D eigenvalue weighted by Crippen LogP contribution is -2.12. The Morgan fingerprint density at radius 3 is 3.05 bits per heavy atom. The predicted octanol–water partition coefficient (Wildman–Crippen LogP) is 4.16. The summed E-state index contributed by atoms with van der Waals surface area (Å²) in [5.74, 6) is 0.0131. The summed E-state index contributed by atoms with van der Waals surface area (Å²) in [5, 5.41) is 4.40. The highest BCUT2D eigenvalue weighted by molar-refractivity contribution is 7.15. The van der Waals surface area contributed by atoms with Gasteiger partial charge in [0.25, 0.3) is 0 Å². The lowest BCUT2D eigenvalue weighted by molar-refractivity contribution is -0.116. The highest BCUT2D eigenvalue weighted by atomic mass is 35.5. The molecule has 21 heavy (non-hydrogen) atoms. The van der Waals surface area contributed by atoms with Crippen LogP contribution in [0.5, 0.6) is 0 Å². The number of fused-ring (bicyclic) bond motifs is 1. The van der Waals surface area contributed by atoms with E-state index in [1.807, 2.05) is 25.1 Å². The summed E-state index contributed by atoms with van der Waals surface area (Å²) in [6.07, 6.45) is 4.48. The smallest absolute Gasteiger partial charge is 0.226 e. The summed E-state index contributed by atoms with van der Waals surface area (Å²) in [7, 11) is 0. The van der Waals surface area contributed by atoms with Crippen molar-refractivity contribution >= 4 is 34.0 Å². The average Bonchev–Trinajstić information content (AvgIpc) is 3.01. The van der Waals surface area contributed by atoms with E-state index in [0.717, 1.165) is 34.1 Å². The van der Waals surface area contributed by atoms with Crippen molar-refractivity contribution in [3.05, 3.63) is 44.9 Å². The highest BCUT2D eigenvalue weighted by Crippen LogP contribution is 2.30. The van der Waals surface area contributed by atoms with E-state index in [-0.39, 0.29) is 5.91 Å². The van der Waals surface area contributed by atoms with Crippen molar-refractivity contribution in [3.63, 3.8) is 0 Å². The Morgan fingerprint density at radius 1 is 1.43 bits per heavy atom. The van der Waals surface area contributed by atoms with Crippen LogP contribution in [0.4, 0.5) is 5.13 Å². The summed E-state index contributed by atoms with van der Waals surface area (Å²) in [4.78, 5) is 17.8. The molecule has 5 heteroatoms. The Kier molecular flexibility index (Phi) is 4.27. The van der Waals surface area contributed by atoms with Crippen molar-refractivity contribution in [2.45, 2.75) is 39.0 Å². The first-order chi connectivity index (χ1) is 10.1. The number of carbonyl (C=O) groups excluding carboxylic acids is 1. The number of thiazole rings is 1. The van der Waals surface area contributed by atoms with Gasteiger partial charge in [-0.3, -0.25) is 4.79 Å². The number of nitrogens with zero attached hydrogens (tertiary/aromatic N) is 1. The van der Waals surface area contributed by atoms with Crippen LogP contribution >= 0.6 is 22.9 Å². The molecule has 0 unspecified atom stereocenters. The molecule has 0 spiro atoms. The van der Waals surface area contributed by atoms with E-state index < -0.39 is 0 Å². The minimum absolute atomic E-state index is 0.0131. The van der Waals surface area contributed by atoms with Gasteiger partial charge < -0.3 is 5.32 Å². The van der Waals surface area contributed by atoms with Gasteiger partial charge in [-0.15, -0.1) is 11.3 Å². The molecule has 1 N–H and O–H groups in total. The molecule has 0 atom stereocenters. The van der Waals surface area contributed by atoms with E-state index in [1.165, 1.54) is 17.0 Å². The first kappa shape index (κ1) is 14.5. The van der Waals surface area contributed by atoms with Crippen molar-refractivity contribution < 1.29 is 4.79 Å². The zero-order valence-corrected chi connectivity index (χ0v) is 13.5. The van der Waals surface area contributed by atoms with Crippen LogP contribution in [0.1, 0.15) is 34.5 Å². The molecule has 0 saturated carbocycles. The average molecular weight is 321 g/mol. The Bertz CT molecular complexity index is 659. The van der Waals surface area contributed by atoms with Gasteiger partial charge in [0.1, 0.15) is 0 Å². The molecule has 1 aromatic carbocycles. The fourth-order valence-electron chi connectivity index (χ4n) is 2.48. The maximum Gasteiger partial charge on any atom is 0.226 e. The Hall–Kier alpha value is -1.39. The van der Waals surface area contributed by atoms with Crippen LogP contribution in [-0.4, -0.2) is 10.9 Å². The van der Waals surface area contributed by atoms with Crippen LogP contribution < -0.4 is 5.32 Å². The number of hydrogen-bond acceptors (Lipinski definition) is 3. The van der Waals surface area contributed by atoms with E-state index >= 15 is 0 Å². The summed E-state index contributed by atoms with van der Waals surface area (Å²) < 4.78 is 0. The van der Waals surface area contributed by atoms with Crippen molar-refractivity contribution in [3.8, 4) is 0 Å². The van der Waals surface area contributed by atoms with Gasteiger partial charge in [0.15, 0.2) is 5.13 Å². The zero-order valence-electron chi connectivity index (χ0n) is 11.9. The van der Waals surface area contributed by atoms with Gasteiger partial charge >= 0.3 is 0 Å². The van der Waals surface area contributed by atoms with Crippen LogP contribution in [0.25, 0.3) is 0 Å². The number of hydrogen-bond donors (Lipinski definition) is 1. The quantitative estimate of drug-likeness (QED) is 0.918. The van der Waals surface area contributed by atoms with Crippen LogP contribution in [0, 0.1) is 6.92 Å². The number of aryl methyl sites for hydroxylation is 4. The van der Waals surface area contributed by atoms with Crippen molar-refractivity contribution in [1.29, 1.82) is 0 Å². The third-order valence-electron chi connectivity index (χ3n) is 3.72. The second kappa shape index (κ2) is 6.16. The SMILES string of the molecule is Cc1ccc(CCC(=O)Nc2nc3c(s2)CCC3)cc1Cl. The predicted molar refractivity (Wildman–Crippen MR) is 87.3 cm³/mol. The Labute approximate surface area is 133 Å². The van der Waals surface area contributed by atoms with Gasteiger partial charge in [0.05, 0.1) is 5.69 Å². The molecule has 2 aromatic rings. The maximum atomic E-state index is 12.0. The van der Waals surface area contributed by atoms with E-state index in [0.29, 0.717) is 12.8 Å². The number of amides is 1. The molecule has 1 aromatic heterocycles. The number of rotatable bonds is 4. The van der Waals surface area contributed by atoms with Gasteiger partial charge in [-0.2, -0.15) is 0 Å². The van der Waals surface area contributed by atoms with Gasteiger partial charge in [-0.05, 0) is 49.8 Å². The molecule has 1 heterocycles. The molecule has 0 fully saturated rings. The van der Waals surface area contributed by atoms with Crippen molar-refractivity contribution in [2.24, 2.45) is 0 Å². The second-order valence-electron chi connectivity index (χ2n) is 5.37. The molecule has 0 bridgehead atoms. The van der Waals surface area contributed by atoms with Crippen LogP contribution in [0.2, 0.25) is 5.02 Å². The minimum Gasteiger partial charge on any atom is -0.302 e. The first-order valence-electron chi connectivity index (χ1n) is 7.15. The third-order valence-corrected chi connectivity index (χ3v) is 5.20. The monoisotopic (exact) mass is 320 g/mol. The van der Waals surface area contributed by atoms with Gasteiger partial charge in [-0.1, -0.05) is 23.7 Å². The van der Waals surface area contributed by atoms with Gasteiger partial charge in [-0.25, -0.2) is 4.98 Å². The number of aromatic nitrogens is 1. The molecule has 1 amide bonds. The molecule has 0 aliphatic heterocycles. The third kappa shape index (κ3) is 3.44. The molecular weight excluding hydrogens is 304 g/mol. The fraction of sp³-hybridized carbons (Fsp3) is 0.375. The number of benzene rings is 1. The first-order valence-corrected chi connectivity index (χ1v) is 8.35. The van der Waals surface area contributed by atoms with Crippen molar-refractivity contribution in [1.82, 2.24) is 4.98 Å². The van der Waals surface area contributed by atoms with Crippen LogP contribution in [0.3, 0.4) is 0 Å². The molecule has 0 radical (unpaired) electrons. The largest absolute Gasteiger partial charge is 0.302 e. The number of halogens is 1. The fourth-order valence-corrected chi connectivity index (χ4v) is 3.74. The topological polar surface area (TPSA) is 42.0 Å². The summed E-state index contributed by atoms with van der Waals surface area (Å²) in [6.45, 7) is 1.97. The van der Waals surface area contributed by atoms with E-state index in [1.54, 1.807) is 11.3 Å². The van der Waals surface area contributed by atoms with E-state index in [2.05, 4.69) is 10.3 Å². The molecule has 3 rings (SSSR count). The molecular formula is C16H17ClN2OS. The summed E-state index contributed by atoms with van der Waals surface area (Å²) in [6, 6.07) is 5.94. The summed E-state index contributed by atoms with van der Waals surface area (Å²) in [5.41, 5.74) is 3.31. The Balaban J connectivity index is 1.55. The van der Waals surface area contributed by atoms with E-state index in [9.17, 15) is 4.79 Å². The second-order valence-corrected chi connectivity index (χ2v) is 6.86. The highest BCUT2D eigenvalue weighted by Gasteiger charge is 2.17. The summed E-state index contributed by atoms with van der Waals surface area (Å²) >= 11 is 7.70. The molecule has 1 aliphatic rings. The lowest BCUT2D eigenvalue weighted by Gasteiger charge is -2.04. The molecule has 110 valence electrons. The van der Waals surface area contributed by atoms with Crippen LogP contribution in [-0.2, 0) is 24.1 Å². The molecule has 0 saturated heterocycles. The number of anilines is 1. The zero-order chi connectivity index (χ0) is 14.8. The Morgan fingerprint density at radius 2 is 2.29 bits per heavy atom. The number of carbonyl (C=O) groups is 1. The normalized spacial score (nSPS) is 13.2. The maximum absolute atomic E-state index is 12.0.